The van der Waals surface area contributed by atoms with Gasteiger partial charge in [0, 0.05) is 29.9 Å². The molecule has 1 N–H and O–H groups in total. The van der Waals surface area contributed by atoms with Crippen LogP contribution in [0.15, 0.2) is 42.5 Å². The molecule has 3 nitrogen and oxygen atoms in total. The van der Waals surface area contributed by atoms with Gasteiger partial charge in [-0.15, -0.1) is 0 Å². The minimum Gasteiger partial charge on any atom is -0.497 e. The van der Waals surface area contributed by atoms with Crippen LogP contribution in [0, 0.1) is 6.92 Å². The maximum atomic E-state index is 5.29. The van der Waals surface area contributed by atoms with Gasteiger partial charge in [-0.3, -0.25) is 0 Å². The Morgan fingerprint density at radius 3 is 2.10 bits per heavy atom. The SMILES string of the molecule is COc1cc(NC(C)c2ccccc2C)cc(OC)c1. The smallest absolute Gasteiger partial charge is 0.124 e. The number of rotatable bonds is 5. The standard InChI is InChI=1S/C17H21NO2/c1-12-7-5-6-8-17(12)13(2)18-14-9-15(19-3)11-16(10-14)20-4/h5-11,13,18H,1-4H3. The molecule has 0 bridgehead atoms. The molecule has 3 heteroatoms. The average molecular weight is 271 g/mol. The third-order valence-corrected chi connectivity index (χ3v) is 3.39. The third-order valence-electron chi connectivity index (χ3n) is 3.39. The van der Waals surface area contributed by atoms with Crippen LogP contribution in [-0.4, -0.2) is 14.2 Å². The second kappa shape index (κ2) is 6.33. The quantitative estimate of drug-likeness (QED) is 0.884. The minimum absolute atomic E-state index is 0.216. The van der Waals surface area contributed by atoms with Crippen molar-refractivity contribution in [1.82, 2.24) is 0 Å². The first-order chi connectivity index (χ1) is 9.63. The normalized spacial score (nSPS) is 11.8. The van der Waals surface area contributed by atoms with E-state index in [2.05, 4.69) is 43.4 Å². The highest BCUT2D eigenvalue weighted by atomic mass is 16.5. The Bertz CT molecular complexity index is 559. The van der Waals surface area contributed by atoms with Gasteiger partial charge >= 0.3 is 0 Å². The van der Waals surface area contributed by atoms with Gasteiger partial charge in [-0.05, 0) is 25.0 Å². The molecule has 2 aromatic carbocycles. The minimum atomic E-state index is 0.216. The van der Waals surface area contributed by atoms with E-state index in [9.17, 15) is 0 Å². The van der Waals surface area contributed by atoms with Crippen molar-refractivity contribution in [2.75, 3.05) is 19.5 Å². The van der Waals surface area contributed by atoms with Crippen LogP contribution in [0.25, 0.3) is 0 Å². The molecular weight excluding hydrogens is 250 g/mol. The zero-order chi connectivity index (χ0) is 14.5. The van der Waals surface area contributed by atoms with Crippen LogP contribution < -0.4 is 14.8 Å². The van der Waals surface area contributed by atoms with Crippen molar-refractivity contribution in [1.29, 1.82) is 0 Å². The first-order valence-electron chi connectivity index (χ1n) is 6.69. The summed E-state index contributed by atoms with van der Waals surface area (Å²) in [5.74, 6) is 1.56. The largest absolute Gasteiger partial charge is 0.497 e. The molecule has 0 radical (unpaired) electrons. The first-order valence-corrected chi connectivity index (χ1v) is 6.69. The molecule has 0 aliphatic rings. The van der Waals surface area contributed by atoms with Crippen molar-refractivity contribution in [3.8, 4) is 11.5 Å². The van der Waals surface area contributed by atoms with E-state index in [1.165, 1.54) is 11.1 Å². The molecule has 1 unspecified atom stereocenters. The van der Waals surface area contributed by atoms with E-state index in [0.29, 0.717) is 0 Å². The van der Waals surface area contributed by atoms with Gasteiger partial charge in [0.25, 0.3) is 0 Å². The molecule has 0 amide bonds. The summed E-state index contributed by atoms with van der Waals surface area (Å²) in [6.45, 7) is 4.27. The van der Waals surface area contributed by atoms with Gasteiger partial charge in [0.05, 0.1) is 14.2 Å². The van der Waals surface area contributed by atoms with Crippen LogP contribution in [0.5, 0.6) is 11.5 Å². The Labute approximate surface area is 120 Å². The number of anilines is 1. The van der Waals surface area contributed by atoms with Crippen LogP contribution in [0.3, 0.4) is 0 Å². The number of aryl methyl sites for hydroxylation is 1. The zero-order valence-corrected chi connectivity index (χ0v) is 12.4. The van der Waals surface area contributed by atoms with E-state index in [0.717, 1.165) is 17.2 Å². The molecule has 0 saturated heterocycles. The van der Waals surface area contributed by atoms with Gasteiger partial charge in [-0.2, -0.15) is 0 Å². The van der Waals surface area contributed by atoms with Gasteiger partial charge < -0.3 is 14.8 Å². The summed E-state index contributed by atoms with van der Waals surface area (Å²) in [4.78, 5) is 0. The summed E-state index contributed by atoms with van der Waals surface area (Å²) in [6.07, 6.45) is 0. The molecule has 2 aromatic rings. The number of hydrogen-bond donors (Lipinski definition) is 1. The molecule has 1 atom stereocenters. The summed E-state index contributed by atoms with van der Waals surface area (Å²) in [6, 6.07) is 14.4. The van der Waals surface area contributed by atoms with E-state index >= 15 is 0 Å². The third kappa shape index (κ3) is 3.23. The van der Waals surface area contributed by atoms with Crippen molar-refractivity contribution in [3.63, 3.8) is 0 Å². The molecule has 0 fully saturated rings. The predicted octanol–water partition coefficient (Wildman–Crippen LogP) is 4.19. The maximum absolute atomic E-state index is 5.29. The molecule has 0 aromatic heterocycles. The highest BCUT2D eigenvalue weighted by molar-refractivity contribution is 5.55. The van der Waals surface area contributed by atoms with E-state index < -0.39 is 0 Å². The van der Waals surface area contributed by atoms with Crippen molar-refractivity contribution < 1.29 is 9.47 Å². The van der Waals surface area contributed by atoms with E-state index in [1.807, 2.05) is 18.2 Å². The zero-order valence-electron chi connectivity index (χ0n) is 12.4. The van der Waals surface area contributed by atoms with E-state index in [1.54, 1.807) is 14.2 Å². The van der Waals surface area contributed by atoms with Gasteiger partial charge in [0.2, 0.25) is 0 Å². The van der Waals surface area contributed by atoms with Crippen LogP contribution >= 0.6 is 0 Å². The molecule has 20 heavy (non-hydrogen) atoms. The Morgan fingerprint density at radius 2 is 1.55 bits per heavy atom. The number of ether oxygens (including phenoxy) is 2. The summed E-state index contributed by atoms with van der Waals surface area (Å²) < 4.78 is 10.6. The van der Waals surface area contributed by atoms with Crippen LogP contribution in [-0.2, 0) is 0 Å². The monoisotopic (exact) mass is 271 g/mol. The molecule has 0 spiro atoms. The number of methoxy groups -OCH3 is 2. The van der Waals surface area contributed by atoms with E-state index in [-0.39, 0.29) is 6.04 Å². The second-order valence-electron chi connectivity index (χ2n) is 4.82. The van der Waals surface area contributed by atoms with Gasteiger partial charge in [0.15, 0.2) is 0 Å². The molecular formula is C17H21NO2. The highest BCUT2D eigenvalue weighted by Gasteiger charge is 2.09. The summed E-state index contributed by atoms with van der Waals surface area (Å²) in [7, 11) is 3.31. The maximum Gasteiger partial charge on any atom is 0.124 e. The fourth-order valence-electron chi connectivity index (χ4n) is 2.29. The van der Waals surface area contributed by atoms with Crippen molar-refractivity contribution in [2.24, 2.45) is 0 Å². The predicted molar refractivity (Wildman–Crippen MR) is 82.8 cm³/mol. The highest BCUT2D eigenvalue weighted by Crippen LogP contribution is 2.29. The van der Waals surface area contributed by atoms with Crippen LogP contribution in [0.2, 0.25) is 0 Å². The molecule has 0 saturated carbocycles. The average Bonchev–Trinajstić information content (AvgIpc) is 2.47. The summed E-state index contributed by atoms with van der Waals surface area (Å²) >= 11 is 0. The fourth-order valence-corrected chi connectivity index (χ4v) is 2.29. The van der Waals surface area contributed by atoms with Crippen LogP contribution in [0.1, 0.15) is 24.1 Å². The topological polar surface area (TPSA) is 30.5 Å². The number of hydrogen-bond acceptors (Lipinski definition) is 3. The van der Waals surface area contributed by atoms with Crippen LogP contribution in [0.4, 0.5) is 5.69 Å². The molecule has 0 aliphatic heterocycles. The lowest BCUT2D eigenvalue weighted by Gasteiger charge is -2.19. The second-order valence-corrected chi connectivity index (χ2v) is 4.82. The number of benzene rings is 2. The van der Waals surface area contributed by atoms with E-state index in [4.69, 9.17) is 9.47 Å². The molecule has 2 rings (SSSR count). The van der Waals surface area contributed by atoms with Gasteiger partial charge in [-0.25, -0.2) is 0 Å². The Kier molecular flexibility index (Phi) is 4.51. The lowest BCUT2D eigenvalue weighted by atomic mass is 10.0. The molecule has 0 heterocycles. The summed E-state index contributed by atoms with van der Waals surface area (Å²) in [5, 5.41) is 3.49. The number of nitrogens with one attached hydrogen (secondary N) is 1. The van der Waals surface area contributed by atoms with Gasteiger partial charge in [-0.1, -0.05) is 24.3 Å². The lowest BCUT2D eigenvalue weighted by Crippen LogP contribution is -2.08. The van der Waals surface area contributed by atoms with Gasteiger partial charge in [0.1, 0.15) is 11.5 Å². The van der Waals surface area contributed by atoms with Crippen molar-refractivity contribution in [2.45, 2.75) is 19.9 Å². The first kappa shape index (κ1) is 14.3. The van der Waals surface area contributed by atoms with Crippen molar-refractivity contribution in [3.05, 3.63) is 53.6 Å². The Balaban J connectivity index is 2.23. The lowest BCUT2D eigenvalue weighted by molar-refractivity contribution is 0.394. The molecule has 106 valence electrons. The summed E-state index contributed by atoms with van der Waals surface area (Å²) in [5.41, 5.74) is 3.55. The Morgan fingerprint density at radius 1 is 0.950 bits per heavy atom. The molecule has 0 aliphatic carbocycles. The van der Waals surface area contributed by atoms with Crippen molar-refractivity contribution >= 4 is 5.69 Å². The Hall–Kier alpha value is -2.16. The fraction of sp³-hybridized carbons (Fsp3) is 0.294.